The van der Waals surface area contributed by atoms with Gasteiger partial charge in [-0.2, -0.15) is 4.98 Å². The average molecular weight is 770 g/mol. The summed E-state index contributed by atoms with van der Waals surface area (Å²) in [6, 6.07) is 10.8. The summed E-state index contributed by atoms with van der Waals surface area (Å²) in [5.74, 6) is 1.28. The molecule has 1 fully saturated rings. The topological polar surface area (TPSA) is 164 Å². The summed E-state index contributed by atoms with van der Waals surface area (Å²) in [7, 11) is -3.57. The van der Waals surface area contributed by atoms with Gasteiger partial charge in [-0.1, -0.05) is 30.3 Å². The number of anilines is 4. The highest BCUT2D eigenvalue weighted by atomic mass is 35.5. The minimum absolute atomic E-state index is 0.0125. The number of likely N-dealkylation sites (tertiary alicyclic amines) is 1. The van der Waals surface area contributed by atoms with Gasteiger partial charge < -0.3 is 35.6 Å². The minimum atomic E-state index is -3.57. The molecule has 1 aliphatic heterocycles. The van der Waals surface area contributed by atoms with Crippen LogP contribution >= 0.6 is 11.6 Å². The zero-order valence-corrected chi connectivity index (χ0v) is 32.8. The molecule has 53 heavy (non-hydrogen) atoms. The SMILES string of the molecule is C=CC(=O)NCCOCCNC(=O)CCN1CCC(c2cc(OC(C)C)c(Nc3ncc(Cl)c(Nc4ccccc4S(=O)(=O)C(C)C)n3)cc2C)CC1. The first kappa shape index (κ1) is 41.5. The van der Waals surface area contributed by atoms with Crippen LogP contribution in [0.15, 0.2) is 60.1 Å². The highest BCUT2D eigenvalue weighted by Gasteiger charge is 2.25. The van der Waals surface area contributed by atoms with Crippen molar-refractivity contribution in [2.45, 2.75) is 76.0 Å². The molecule has 1 aliphatic rings. The fraction of sp³-hybridized carbons (Fsp3) is 0.474. The maximum Gasteiger partial charge on any atom is 0.243 e. The standard InChI is InChI=1S/C38H52ClN7O6S/c1-7-35(47)40-15-20-51-21-16-41-36(48)14-19-46-17-12-28(13-18-46)29-23-33(52-25(2)3)32(22-27(29)6)44-38-42-24-30(39)37(45-38)43-31-10-8-9-11-34(31)53(49,50)26(4)5/h7-11,22-26,28H,1,12-21H2,2-6H3,(H,40,47)(H,41,48)(H2,42,43,44,45). The van der Waals surface area contributed by atoms with E-state index in [0.29, 0.717) is 62.3 Å². The van der Waals surface area contributed by atoms with Crippen molar-refractivity contribution in [1.82, 2.24) is 25.5 Å². The molecule has 2 amide bonds. The first-order chi connectivity index (χ1) is 25.3. The number of aromatic nitrogens is 2. The Bertz CT molecular complexity index is 1830. The smallest absolute Gasteiger partial charge is 0.243 e. The van der Waals surface area contributed by atoms with Crippen molar-refractivity contribution in [1.29, 1.82) is 0 Å². The van der Waals surface area contributed by atoms with Gasteiger partial charge in [-0.05, 0) is 108 Å². The lowest BCUT2D eigenvalue weighted by Gasteiger charge is -2.33. The van der Waals surface area contributed by atoms with Gasteiger partial charge in [0.15, 0.2) is 15.7 Å². The molecular formula is C38H52ClN7O6S. The normalized spacial score (nSPS) is 13.9. The molecule has 0 aliphatic carbocycles. The van der Waals surface area contributed by atoms with Crippen LogP contribution in [0.5, 0.6) is 5.75 Å². The van der Waals surface area contributed by atoms with Crippen LogP contribution in [0, 0.1) is 6.92 Å². The van der Waals surface area contributed by atoms with Crippen molar-refractivity contribution in [3.63, 3.8) is 0 Å². The van der Waals surface area contributed by atoms with Crippen molar-refractivity contribution in [2.75, 3.05) is 56.6 Å². The minimum Gasteiger partial charge on any atom is -0.489 e. The van der Waals surface area contributed by atoms with Gasteiger partial charge in [-0.25, -0.2) is 13.4 Å². The third kappa shape index (κ3) is 12.1. The molecule has 13 nitrogen and oxygen atoms in total. The van der Waals surface area contributed by atoms with E-state index in [1.807, 2.05) is 19.9 Å². The lowest BCUT2D eigenvalue weighted by atomic mass is 9.86. The van der Waals surface area contributed by atoms with E-state index in [0.717, 1.165) is 31.5 Å². The van der Waals surface area contributed by atoms with Gasteiger partial charge in [-0.3, -0.25) is 9.59 Å². The van der Waals surface area contributed by atoms with E-state index < -0.39 is 15.1 Å². The number of carbonyl (C=O) groups is 2. The van der Waals surface area contributed by atoms with E-state index >= 15 is 0 Å². The van der Waals surface area contributed by atoms with Crippen molar-refractivity contribution in [3.05, 3.63) is 71.4 Å². The second-order valence-corrected chi connectivity index (χ2v) is 16.3. The van der Waals surface area contributed by atoms with Gasteiger partial charge in [0.1, 0.15) is 10.8 Å². The van der Waals surface area contributed by atoms with Crippen molar-refractivity contribution in [2.24, 2.45) is 0 Å². The molecule has 15 heteroatoms. The quantitative estimate of drug-likeness (QED) is 0.0848. The number of halogens is 1. The molecule has 0 bridgehead atoms. The fourth-order valence-electron chi connectivity index (χ4n) is 5.93. The van der Waals surface area contributed by atoms with Gasteiger partial charge in [0.2, 0.25) is 17.8 Å². The summed E-state index contributed by atoms with van der Waals surface area (Å²) in [5, 5.41) is 11.6. The first-order valence-corrected chi connectivity index (χ1v) is 19.9. The lowest BCUT2D eigenvalue weighted by Crippen LogP contribution is -2.37. The maximum absolute atomic E-state index is 13.0. The molecule has 0 spiro atoms. The Labute approximate surface area is 318 Å². The van der Waals surface area contributed by atoms with Crippen LogP contribution < -0.4 is 26.0 Å². The number of rotatable bonds is 19. The van der Waals surface area contributed by atoms with Crippen LogP contribution in [0.3, 0.4) is 0 Å². The Kier molecular flexibility index (Phi) is 15.5. The number of carbonyl (C=O) groups excluding carboxylic acids is 2. The van der Waals surface area contributed by atoms with Crippen LogP contribution in [-0.2, 0) is 24.2 Å². The molecule has 1 aromatic heterocycles. The summed E-state index contributed by atoms with van der Waals surface area (Å²) in [5.41, 5.74) is 3.39. The molecule has 1 saturated heterocycles. The number of benzene rings is 2. The van der Waals surface area contributed by atoms with E-state index in [1.54, 1.807) is 38.1 Å². The Hall–Kier alpha value is -4.24. The number of hydrogen-bond donors (Lipinski definition) is 4. The number of sulfone groups is 1. The number of ether oxygens (including phenoxy) is 2. The van der Waals surface area contributed by atoms with Crippen LogP contribution in [0.1, 0.15) is 64.0 Å². The van der Waals surface area contributed by atoms with E-state index in [-0.39, 0.29) is 39.6 Å². The Balaban J connectivity index is 1.36. The lowest BCUT2D eigenvalue weighted by molar-refractivity contribution is -0.121. The molecule has 2 aromatic carbocycles. The summed E-state index contributed by atoms with van der Waals surface area (Å²) < 4.78 is 37.8. The molecule has 4 N–H and O–H groups in total. The number of para-hydroxylation sites is 1. The number of amides is 2. The monoisotopic (exact) mass is 769 g/mol. The van der Waals surface area contributed by atoms with E-state index in [2.05, 4.69) is 55.7 Å². The van der Waals surface area contributed by atoms with Crippen molar-refractivity contribution < 1.29 is 27.5 Å². The van der Waals surface area contributed by atoms with Crippen molar-refractivity contribution >= 4 is 56.4 Å². The Morgan fingerprint density at radius 2 is 1.74 bits per heavy atom. The van der Waals surface area contributed by atoms with Gasteiger partial charge in [0, 0.05) is 26.1 Å². The molecular weight excluding hydrogens is 718 g/mol. The third-order valence-corrected chi connectivity index (χ3v) is 11.3. The molecule has 0 unspecified atom stereocenters. The zero-order valence-electron chi connectivity index (χ0n) is 31.2. The molecule has 0 saturated carbocycles. The highest BCUT2D eigenvalue weighted by molar-refractivity contribution is 7.92. The van der Waals surface area contributed by atoms with Gasteiger partial charge in [0.05, 0.1) is 47.0 Å². The predicted octanol–water partition coefficient (Wildman–Crippen LogP) is 5.90. The zero-order chi connectivity index (χ0) is 38.5. The largest absolute Gasteiger partial charge is 0.489 e. The van der Waals surface area contributed by atoms with E-state index in [1.165, 1.54) is 17.8 Å². The average Bonchev–Trinajstić information content (AvgIpc) is 3.12. The number of nitrogens with zero attached hydrogens (tertiary/aromatic N) is 3. The van der Waals surface area contributed by atoms with E-state index in [4.69, 9.17) is 21.1 Å². The fourth-order valence-corrected chi connectivity index (χ4v) is 7.27. The van der Waals surface area contributed by atoms with Crippen LogP contribution in [0.2, 0.25) is 5.02 Å². The summed E-state index contributed by atoms with van der Waals surface area (Å²) in [6.45, 7) is 16.7. The molecule has 0 radical (unpaired) electrons. The second-order valence-electron chi connectivity index (χ2n) is 13.4. The number of piperidine rings is 1. The van der Waals surface area contributed by atoms with Gasteiger partial charge in [0.25, 0.3) is 0 Å². The molecule has 2 heterocycles. The third-order valence-electron chi connectivity index (χ3n) is 8.77. The van der Waals surface area contributed by atoms with E-state index in [9.17, 15) is 18.0 Å². The predicted molar refractivity (Wildman–Crippen MR) is 209 cm³/mol. The molecule has 288 valence electrons. The molecule has 0 atom stereocenters. The number of hydrogen-bond acceptors (Lipinski definition) is 11. The summed E-state index contributed by atoms with van der Waals surface area (Å²) >= 11 is 6.48. The van der Waals surface area contributed by atoms with Crippen LogP contribution in [0.25, 0.3) is 0 Å². The van der Waals surface area contributed by atoms with Gasteiger partial charge >= 0.3 is 0 Å². The summed E-state index contributed by atoms with van der Waals surface area (Å²) in [6.07, 6.45) is 4.92. The van der Waals surface area contributed by atoms with Crippen LogP contribution in [0.4, 0.5) is 23.1 Å². The maximum atomic E-state index is 13.0. The summed E-state index contributed by atoms with van der Waals surface area (Å²) in [4.78, 5) is 35.0. The second kappa shape index (κ2) is 19.7. The first-order valence-electron chi connectivity index (χ1n) is 18.0. The highest BCUT2D eigenvalue weighted by Crippen LogP contribution is 2.38. The molecule has 4 rings (SSSR count). The van der Waals surface area contributed by atoms with Crippen LogP contribution in [-0.4, -0.2) is 92.4 Å². The Morgan fingerprint density at radius 1 is 1.04 bits per heavy atom. The Morgan fingerprint density at radius 3 is 2.42 bits per heavy atom. The van der Waals surface area contributed by atoms with Gasteiger partial charge in [-0.15, -0.1) is 0 Å². The number of nitrogens with one attached hydrogen (secondary N) is 4. The number of aryl methyl sites for hydroxylation is 1. The van der Waals surface area contributed by atoms with Crippen molar-refractivity contribution in [3.8, 4) is 5.75 Å². The molecule has 3 aromatic rings.